The van der Waals surface area contributed by atoms with Gasteiger partial charge >= 0.3 is 10.1 Å². The van der Waals surface area contributed by atoms with Gasteiger partial charge in [0.2, 0.25) is 15.9 Å². The molecule has 1 saturated heterocycles. The molecule has 1 atom stereocenters. The number of hydrogen-bond acceptors (Lipinski definition) is 9. The zero-order valence-corrected chi connectivity index (χ0v) is 30.6. The summed E-state index contributed by atoms with van der Waals surface area (Å²) in [6, 6.07) is 22.9. The summed E-state index contributed by atoms with van der Waals surface area (Å²) in [5.41, 5.74) is 0.864. The van der Waals surface area contributed by atoms with Crippen LogP contribution in [0, 0.1) is 5.82 Å². The first-order chi connectivity index (χ1) is 25.9. The third-order valence-electron chi connectivity index (χ3n) is 9.46. The molecule has 12 nitrogen and oxygen atoms in total. The lowest BCUT2D eigenvalue weighted by atomic mass is 10.0. The van der Waals surface area contributed by atoms with Gasteiger partial charge in [0.25, 0.3) is 5.91 Å². The Morgan fingerprint density at radius 3 is 1.91 bits per heavy atom. The molecule has 1 fully saturated rings. The zero-order chi connectivity index (χ0) is 38.0. The number of rotatable bonds is 10. The van der Waals surface area contributed by atoms with Crippen molar-refractivity contribution in [1.82, 2.24) is 24.1 Å². The molecule has 0 spiro atoms. The van der Waals surface area contributed by atoms with Crippen LogP contribution >= 0.6 is 0 Å². The second kappa shape index (κ2) is 14.9. The van der Waals surface area contributed by atoms with Crippen molar-refractivity contribution in [3.8, 4) is 5.75 Å². The number of carbonyl (C=O) groups is 2. The van der Waals surface area contributed by atoms with Gasteiger partial charge < -0.3 is 14.0 Å². The number of piperazine rings is 1. The zero-order valence-electron chi connectivity index (χ0n) is 28.9. The Hall–Kier alpha value is -5.77. The Morgan fingerprint density at radius 2 is 1.30 bits per heavy atom. The lowest BCUT2D eigenvalue weighted by molar-refractivity contribution is -0.136. The molecule has 3 heterocycles. The smallest absolute Gasteiger partial charge is 0.339 e. The Kier molecular flexibility index (Phi) is 10.1. The first-order valence-corrected chi connectivity index (χ1v) is 19.8. The van der Waals surface area contributed by atoms with Gasteiger partial charge in [0.05, 0.1) is 4.90 Å². The Morgan fingerprint density at radius 1 is 0.741 bits per heavy atom. The highest BCUT2D eigenvalue weighted by Crippen LogP contribution is 2.29. The highest BCUT2D eigenvalue weighted by molar-refractivity contribution is 7.89. The summed E-state index contributed by atoms with van der Waals surface area (Å²) in [5, 5.41) is 2.15. The molecule has 54 heavy (non-hydrogen) atoms. The Balaban J connectivity index is 1.14. The van der Waals surface area contributed by atoms with Crippen LogP contribution in [0.15, 0.2) is 132 Å². The van der Waals surface area contributed by atoms with Crippen molar-refractivity contribution >= 4 is 53.5 Å². The average molecular weight is 768 g/mol. The molecule has 0 aliphatic carbocycles. The molecule has 1 aliphatic rings. The second-order valence-electron chi connectivity index (χ2n) is 12.8. The van der Waals surface area contributed by atoms with E-state index in [2.05, 4.69) is 9.97 Å². The molecule has 15 heteroatoms. The fourth-order valence-corrected chi connectivity index (χ4v) is 9.19. The molecule has 6 aromatic rings. The number of hydrogen-bond donors (Lipinski definition) is 0. The molecule has 0 unspecified atom stereocenters. The number of fused-ring (bicyclic) bond motifs is 2. The van der Waals surface area contributed by atoms with Crippen molar-refractivity contribution in [1.29, 1.82) is 0 Å². The number of halogens is 1. The van der Waals surface area contributed by atoms with Gasteiger partial charge in [0.1, 0.15) is 22.5 Å². The minimum atomic E-state index is -4.26. The van der Waals surface area contributed by atoms with Crippen molar-refractivity contribution in [2.45, 2.75) is 22.3 Å². The Labute approximate surface area is 311 Å². The third-order valence-corrected chi connectivity index (χ3v) is 12.7. The predicted octanol–water partition coefficient (Wildman–Crippen LogP) is 4.91. The second-order valence-corrected chi connectivity index (χ2v) is 16.2. The van der Waals surface area contributed by atoms with E-state index in [-0.39, 0.29) is 54.0 Å². The normalized spacial score (nSPS) is 14.4. The molecular formula is C39H34FN5O7S2. The van der Waals surface area contributed by atoms with Crippen LogP contribution in [0.1, 0.15) is 15.9 Å². The molecule has 1 aliphatic heterocycles. The summed E-state index contributed by atoms with van der Waals surface area (Å²) in [5.74, 6) is -1.20. The summed E-state index contributed by atoms with van der Waals surface area (Å²) in [6.07, 6.45) is 6.06. The first kappa shape index (κ1) is 36.6. The van der Waals surface area contributed by atoms with Crippen LogP contribution in [0.5, 0.6) is 5.75 Å². The van der Waals surface area contributed by atoms with Crippen LogP contribution in [-0.4, -0.2) is 92.0 Å². The maximum atomic E-state index is 14.3. The summed E-state index contributed by atoms with van der Waals surface area (Å²) in [7, 11) is -7.14. The minimum absolute atomic E-state index is 0.00980. The fourth-order valence-electron chi connectivity index (χ4n) is 6.51. The van der Waals surface area contributed by atoms with Gasteiger partial charge in [0, 0.05) is 85.1 Å². The number of nitrogens with zero attached hydrogens (tertiary/aromatic N) is 5. The lowest BCUT2D eigenvalue weighted by Gasteiger charge is -2.38. The molecule has 2 aromatic heterocycles. The number of amides is 2. The number of sulfonamides is 1. The number of carbonyl (C=O) groups excluding carboxylic acids is 2. The SMILES string of the molecule is CN([C@@H](Cc1ccc(OS(=O)(=O)c2cccc3cnccc23)cc1)C(=O)N1CCN(C(=O)c2ccc(F)cc2)CC1)S(=O)(=O)c1cccc2cnccc12. The molecule has 0 saturated carbocycles. The van der Waals surface area contributed by atoms with Crippen LogP contribution in [-0.2, 0) is 31.4 Å². The molecule has 0 N–H and O–H groups in total. The summed E-state index contributed by atoms with van der Waals surface area (Å²) < 4.78 is 75.2. The standard InChI is InChI=1S/C39H34FN5O7S2/c1-43(53(48,49)36-6-2-4-29-25-41-18-16-33(29)36)35(39(47)45-22-20-44(21-23-45)38(46)28-10-12-31(40)13-11-28)24-27-8-14-32(15-9-27)52-54(50,51)37-7-3-5-30-26-42-19-17-34(30)37/h2-19,25-26,35H,20-24H2,1H3/t35-/m0/s1. The molecule has 276 valence electrons. The van der Waals surface area contributed by atoms with Crippen molar-refractivity contribution in [2.24, 2.45) is 0 Å². The van der Waals surface area contributed by atoms with Crippen molar-refractivity contribution in [2.75, 3.05) is 33.2 Å². The van der Waals surface area contributed by atoms with Gasteiger partial charge in [0.15, 0.2) is 0 Å². The Bertz CT molecular complexity index is 2570. The van der Waals surface area contributed by atoms with Crippen LogP contribution in [0.4, 0.5) is 4.39 Å². The maximum absolute atomic E-state index is 14.3. The van der Waals surface area contributed by atoms with Gasteiger partial charge in [-0.3, -0.25) is 19.6 Å². The summed E-state index contributed by atoms with van der Waals surface area (Å²) in [4.78, 5) is 38.7. The van der Waals surface area contributed by atoms with Crippen molar-refractivity contribution in [3.05, 3.63) is 139 Å². The van der Waals surface area contributed by atoms with Crippen LogP contribution in [0.25, 0.3) is 21.5 Å². The van der Waals surface area contributed by atoms with Gasteiger partial charge in [-0.1, -0.05) is 36.4 Å². The lowest BCUT2D eigenvalue weighted by Crippen LogP contribution is -2.56. The molecule has 7 rings (SSSR count). The van der Waals surface area contributed by atoms with Gasteiger partial charge in [-0.25, -0.2) is 12.8 Å². The van der Waals surface area contributed by atoms with E-state index in [9.17, 15) is 30.8 Å². The van der Waals surface area contributed by atoms with Crippen LogP contribution in [0.2, 0.25) is 0 Å². The molecule has 0 radical (unpaired) electrons. The van der Waals surface area contributed by atoms with Crippen LogP contribution in [0.3, 0.4) is 0 Å². The van der Waals surface area contributed by atoms with E-state index < -0.39 is 37.9 Å². The monoisotopic (exact) mass is 767 g/mol. The number of likely N-dealkylation sites (N-methyl/N-ethyl adjacent to an activating group) is 1. The highest BCUT2D eigenvalue weighted by Gasteiger charge is 2.37. The summed E-state index contributed by atoms with van der Waals surface area (Å²) in [6.45, 7) is 0.667. The molecule has 0 bridgehead atoms. The van der Waals surface area contributed by atoms with Crippen molar-refractivity contribution in [3.63, 3.8) is 0 Å². The van der Waals surface area contributed by atoms with E-state index in [1.54, 1.807) is 65.8 Å². The van der Waals surface area contributed by atoms with E-state index in [4.69, 9.17) is 4.18 Å². The van der Waals surface area contributed by atoms with E-state index in [1.807, 2.05) is 0 Å². The highest BCUT2D eigenvalue weighted by atomic mass is 32.2. The summed E-state index contributed by atoms with van der Waals surface area (Å²) >= 11 is 0. The van der Waals surface area contributed by atoms with E-state index in [1.165, 1.54) is 72.9 Å². The molecular weight excluding hydrogens is 734 g/mol. The first-order valence-electron chi connectivity index (χ1n) is 16.9. The van der Waals surface area contributed by atoms with Gasteiger partial charge in [-0.2, -0.15) is 12.7 Å². The quantitative estimate of drug-likeness (QED) is 0.178. The van der Waals surface area contributed by atoms with E-state index in [0.717, 1.165) is 4.31 Å². The predicted molar refractivity (Wildman–Crippen MR) is 199 cm³/mol. The maximum Gasteiger partial charge on any atom is 0.339 e. The molecule has 4 aromatic carbocycles. The van der Waals surface area contributed by atoms with Crippen LogP contribution < -0.4 is 4.18 Å². The van der Waals surface area contributed by atoms with Gasteiger partial charge in [-0.15, -0.1) is 0 Å². The molecule has 2 amide bonds. The topological polar surface area (TPSA) is 147 Å². The minimum Gasteiger partial charge on any atom is -0.379 e. The number of benzene rings is 4. The third kappa shape index (κ3) is 7.38. The van der Waals surface area contributed by atoms with E-state index >= 15 is 0 Å². The average Bonchev–Trinajstić information content (AvgIpc) is 3.19. The van der Waals surface area contributed by atoms with Crippen molar-refractivity contribution < 1.29 is 35.0 Å². The number of aromatic nitrogens is 2. The van der Waals surface area contributed by atoms with Gasteiger partial charge in [-0.05, 0) is 72.6 Å². The van der Waals surface area contributed by atoms with E-state index in [0.29, 0.717) is 32.7 Å². The largest absolute Gasteiger partial charge is 0.379 e. The number of pyridine rings is 2. The fraction of sp³-hybridized carbons (Fsp3) is 0.179.